The Morgan fingerprint density at radius 3 is 2.38 bits per heavy atom. The van der Waals surface area contributed by atoms with E-state index in [0.29, 0.717) is 25.1 Å². The number of hydrogen-bond acceptors (Lipinski definition) is 4. The maximum Gasteiger partial charge on any atom is 0.241 e. The van der Waals surface area contributed by atoms with E-state index in [1.807, 2.05) is 37.3 Å². The van der Waals surface area contributed by atoms with E-state index in [2.05, 4.69) is 10.0 Å². The second-order valence-electron chi connectivity index (χ2n) is 6.75. The van der Waals surface area contributed by atoms with Gasteiger partial charge in [-0.3, -0.25) is 4.79 Å². The second kappa shape index (κ2) is 9.54. The first-order valence-electron chi connectivity index (χ1n) is 9.39. The molecule has 0 unspecified atom stereocenters. The average molecular weight is 413 g/mol. The summed E-state index contributed by atoms with van der Waals surface area (Å²) in [6.45, 7) is 2.16. The fraction of sp³-hybridized carbons (Fsp3) is 0.227. The zero-order valence-electron chi connectivity index (χ0n) is 16.2. The van der Waals surface area contributed by atoms with Gasteiger partial charge in [-0.25, -0.2) is 13.1 Å². The minimum absolute atomic E-state index is 0.0866. The maximum absolute atomic E-state index is 12.6. The molecule has 2 aromatic carbocycles. The average Bonchev–Trinajstić information content (AvgIpc) is 3.25. The van der Waals surface area contributed by atoms with Gasteiger partial charge in [0.25, 0.3) is 0 Å². The van der Waals surface area contributed by atoms with Gasteiger partial charge in [-0.15, -0.1) is 0 Å². The molecular weight excluding hydrogens is 388 g/mol. The van der Waals surface area contributed by atoms with Gasteiger partial charge in [0.15, 0.2) is 0 Å². The van der Waals surface area contributed by atoms with Crippen LogP contribution in [0.4, 0.5) is 0 Å². The summed E-state index contributed by atoms with van der Waals surface area (Å²) >= 11 is 0. The van der Waals surface area contributed by atoms with E-state index in [1.54, 1.807) is 42.7 Å². The van der Waals surface area contributed by atoms with Crippen molar-refractivity contribution < 1.29 is 17.6 Å². The molecule has 0 bridgehead atoms. The molecule has 1 atom stereocenters. The van der Waals surface area contributed by atoms with Crippen molar-refractivity contribution in [3.63, 3.8) is 0 Å². The summed E-state index contributed by atoms with van der Waals surface area (Å²) in [7, 11) is -3.63. The number of hydrogen-bond donors (Lipinski definition) is 2. The van der Waals surface area contributed by atoms with E-state index < -0.39 is 10.0 Å². The van der Waals surface area contributed by atoms with Crippen molar-refractivity contribution in [3.05, 3.63) is 89.9 Å². The standard InChI is InChI=1S/C22H24N2O4S/c1-17(19-6-3-2-4-7-19)24-29(26,27)21-12-9-18(10-13-21)11-14-22(25)23-16-20-8-5-15-28-20/h2-10,12-13,15,17,24H,11,14,16H2,1H3,(H,23,25)/t17-/m1/s1. The molecule has 7 heteroatoms. The van der Waals surface area contributed by atoms with Crippen LogP contribution in [-0.2, 0) is 27.8 Å². The first-order chi connectivity index (χ1) is 13.9. The van der Waals surface area contributed by atoms with Gasteiger partial charge in [0.1, 0.15) is 5.76 Å². The predicted octanol–water partition coefficient (Wildman–Crippen LogP) is 3.57. The van der Waals surface area contributed by atoms with Crippen LogP contribution >= 0.6 is 0 Å². The SMILES string of the molecule is C[C@@H](NS(=O)(=O)c1ccc(CCC(=O)NCc2ccco2)cc1)c1ccccc1. The summed E-state index contributed by atoms with van der Waals surface area (Å²) in [5.41, 5.74) is 1.79. The summed E-state index contributed by atoms with van der Waals surface area (Å²) in [6.07, 6.45) is 2.40. The zero-order chi connectivity index (χ0) is 20.7. The second-order valence-corrected chi connectivity index (χ2v) is 8.47. The Hall–Kier alpha value is -2.90. The summed E-state index contributed by atoms with van der Waals surface area (Å²) in [5.74, 6) is 0.613. The number of carbonyl (C=O) groups is 1. The van der Waals surface area contributed by atoms with E-state index in [1.165, 1.54) is 0 Å². The molecule has 1 heterocycles. The van der Waals surface area contributed by atoms with Crippen LogP contribution < -0.4 is 10.0 Å². The van der Waals surface area contributed by atoms with Gasteiger partial charge in [-0.1, -0.05) is 42.5 Å². The van der Waals surface area contributed by atoms with Gasteiger partial charge in [0, 0.05) is 12.5 Å². The molecule has 152 valence electrons. The maximum atomic E-state index is 12.6. The molecule has 1 aromatic heterocycles. The highest BCUT2D eigenvalue weighted by atomic mass is 32.2. The monoisotopic (exact) mass is 412 g/mol. The molecule has 0 aliphatic rings. The molecule has 3 rings (SSSR count). The summed E-state index contributed by atoms with van der Waals surface area (Å²) in [5, 5.41) is 2.79. The molecule has 0 fully saturated rings. The molecule has 3 aromatic rings. The lowest BCUT2D eigenvalue weighted by atomic mass is 10.1. The van der Waals surface area contributed by atoms with Crippen LogP contribution in [0.5, 0.6) is 0 Å². The van der Waals surface area contributed by atoms with Crippen molar-refractivity contribution in [1.82, 2.24) is 10.0 Å². The van der Waals surface area contributed by atoms with Crippen molar-refractivity contribution in [3.8, 4) is 0 Å². The number of rotatable bonds is 9. The number of benzene rings is 2. The molecule has 0 saturated heterocycles. The van der Waals surface area contributed by atoms with Crippen molar-refractivity contribution in [2.75, 3.05) is 0 Å². The quantitative estimate of drug-likeness (QED) is 0.562. The van der Waals surface area contributed by atoms with Crippen LogP contribution in [0, 0.1) is 0 Å². The summed E-state index contributed by atoms with van der Waals surface area (Å²) in [4.78, 5) is 12.1. The summed E-state index contributed by atoms with van der Waals surface area (Å²) in [6, 6.07) is 19.2. The number of furan rings is 1. The Labute approximate surface area is 171 Å². The fourth-order valence-corrected chi connectivity index (χ4v) is 4.12. The van der Waals surface area contributed by atoms with Crippen molar-refractivity contribution in [1.29, 1.82) is 0 Å². The predicted molar refractivity (Wildman–Crippen MR) is 110 cm³/mol. The van der Waals surface area contributed by atoms with Gasteiger partial charge in [-0.05, 0) is 48.7 Å². The third-order valence-corrected chi connectivity index (χ3v) is 6.10. The van der Waals surface area contributed by atoms with E-state index in [9.17, 15) is 13.2 Å². The molecule has 0 aliphatic heterocycles. The molecule has 0 aliphatic carbocycles. The lowest BCUT2D eigenvalue weighted by molar-refractivity contribution is -0.121. The highest BCUT2D eigenvalue weighted by Gasteiger charge is 2.18. The van der Waals surface area contributed by atoms with Gasteiger partial charge in [-0.2, -0.15) is 0 Å². The molecule has 6 nitrogen and oxygen atoms in total. The van der Waals surface area contributed by atoms with Crippen LogP contribution in [-0.4, -0.2) is 14.3 Å². The number of aryl methyl sites for hydroxylation is 1. The van der Waals surface area contributed by atoms with Crippen LogP contribution in [0.2, 0.25) is 0 Å². The van der Waals surface area contributed by atoms with Crippen molar-refractivity contribution in [2.24, 2.45) is 0 Å². The topological polar surface area (TPSA) is 88.4 Å². The molecule has 0 saturated carbocycles. The van der Waals surface area contributed by atoms with Crippen LogP contribution in [0.3, 0.4) is 0 Å². The van der Waals surface area contributed by atoms with Gasteiger partial charge < -0.3 is 9.73 Å². The number of amides is 1. The minimum atomic E-state index is -3.63. The molecule has 29 heavy (non-hydrogen) atoms. The smallest absolute Gasteiger partial charge is 0.241 e. The molecular formula is C22H24N2O4S. The summed E-state index contributed by atoms with van der Waals surface area (Å²) < 4.78 is 33.1. The molecule has 0 spiro atoms. The third-order valence-electron chi connectivity index (χ3n) is 4.55. The lowest BCUT2D eigenvalue weighted by Crippen LogP contribution is -2.26. The Bertz CT molecular complexity index is 1010. The lowest BCUT2D eigenvalue weighted by Gasteiger charge is -2.15. The highest BCUT2D eigenvalue weighted by Crippen LogP contribution is 2.17. The van der Waals surface area contributed by atoms with Crippen molar-refractivity contribution >= 4 is 15.9 Å². The van der Waals surface area contributed by atoms with Crippen LogP contribution in [0.15, 0.2) is 82.3 Å². The first-order valence-corrected chi connectivity index (χ1v) is 10.9. The Morgan fingerprint density at radius 1 is 1.00 bits per heavy atom. The van der Waals surface area contributed by atoms with E-state index in [0.717, 1.165) is 11.1 Å². The van der Waals surface area contributed by atoms with Crippen LogP contribution in [0.1, 0.15) is 36.3 Å². The largest absolute Gasteiger partial charge is 0.467 e. The fourth-order valence-electron chi connectivity index (χ4n) is 2.89. The van der Waals surface area contributed by atoms with E-state index >= 15 is 0 Å². The zero-order valence-corrected chi connectivity index (χ0v) is 17.0. The Kier molecular flexibility index (Phi) is 6.85. The Balaban J connectivity index is 1.52. The highest BCUT2D eigenvalue weighted by molar-refractivity contribution is 7.89. The van der Waals surface area contributed by atoms with Gasteiger partial charge in [0.05, 0.1) is 17.7 Å². The molecule has 1 amide bonds. The van der Waals surface area contributed by atoms with Gasteiger partial charge >= 0.3 is 0 Å². The van der Waals surface area contributed by atoms with E-state index in [4.69, 9.17) is 4.42 Å². The Morgan fingerprint density at radius 2 is 1.72 bits per heavy atom. The minimum Gasteiger partial charge on any atom is -0.467 e. The number of sulfonamides is 1. The first kappa shape index (κ1) is 20.8. The van der Waals surface area contributed by atoms with Crippen molar-refractivity contribution in [2.45, 2.75) is 37.2 Å². The van der Waals surface area contributed by atoms with Crippen LogP contribution in [0.25, 0.3) is 0 Å². The number of carbonyl (C=O) groups excluding carboxylic acids is 1. The molecule has 2 N–H and O–H groups in total. The molecule has 0 radical (unpaired) electrons. The van der Waals surface area contributed by atoms with Gasteiger partial charge in [0.2, 0.25) is 15.9 Å². The normalized spacial score (nSPS) is 12.4. The number of nitrogens with one attached hydrogen (secondary N) is 2. The van der Waals surface area contributed by atoms with E-state index in [-0.39, 0.29) is 16.8 Å². The third kappa shape index (κ3) is 6.04.